The fraction of sp³-hybridized carbons (Fsp3) is 0.667. The van der Waals surface area contributed by atoms with Crippen LogP contribution < -0.4 is 16.0 Å². The number of carbonyl (C=O) groups excluding carboxylic acids is 2. The molecule has 0 heterocycles. The standard InChI is InChI=1S/C9H16N4O2/c1-11-8(14)3-6-12-7-9(15)13-5-2-4-10/h12H,2-3,5-7H2,1H3,(H,11,14)(H,13,15). The molecule has 0 fully saturated rings. The summed E-state index contributed by atoms with van der Waals surface area (Å²) < 4.78 is 0. The highest BCUT2D eigenvalue weighted by Crippen LogP contribution is 1.76. The Bertz CT molecular complexity index is 247. The van der Waals surface area contributed by atoms with E-state index < -0.39 is 0 Å². The maximum absolute atomic E-state index is 11.0. The third kappa shape index (κ3) is 8.71. The number of carbonyl (C=O) groups is 2. The predicted molar refractivity (Wildman–Crippen MR) is 54.8 cm³/mol. The Hall–Kier alpha value is -1.61. The second-order valence-corrected chi connectivity index (χ2v) is 2.86. The number of nitriles is 1. The van der Waals surface area contributed by atoms with Gasteiger partial charge in [-0.25, -0.2) is 0 Å². The maximum Gasteiger partial charge on any atom is 0.233 e. The van der Waals surface area contributed by atoms with Crippen molar-refractivity contribution in [1.82, 2.24) is 16.0 Å². The van der Waals surface area contributed by atoms with Crippen LogP contribution in [0.2, 0.25) is 0 Å². The first-order valence-electron chi connectivity index (χ1n) is 4.75. The van der Waals surface area contributed by atoms with Gasteiger partial charge in [-0.05, 0) is 0 Å². The molecule has 0 aromatic rings. The predicted octanol–water partition coefficient (Wildman–Crippen LogP) is -1.26. The highest BCUT2D eigenvalue weighted by Gasteiger charge is 2.00. The summed E-state index contributed by atoms with van der Waals surface area (Å²) in [6, 6.07) is 1.92. The van der Waals surface area contributed by atoms with Crippen LogP contribution in [-0.2, 0) is 9.59 Å². The van der Waals surface area contributed by atoms with Gasteiger partial charge in [0.05, 0.1) is 19.0 Å². The van der Waals surface area contributed by atoms with Crippen LogP contribution in [0.5, 0.6) is 0 Å². The summed E-state index contributed by atoms with van der Waals surface area (Å²) in [7, 11) is 1.57. The third-order valence-electron chi connectivity index (χ3n) is 1.65. The molecule has 0 aliphatic carbocycles. The summed E-state index contributed by atoms with van der Waals surface area (Å²) in [5.41, 5.74) is 0. The van der Waals surface area contributed by atoms with Gasteiger partial charge in [0.2, 0.25) is 11.8 Å². The van der Waals surface area contributed by atoms with E-state index in [-0.39, 0.29) is 18.4 Å². The van der Waals surface area contributed by atoms with Gasteiger partial charge in [-0.15, -0.1) is 0 Å². The molecule has 6 nitrogen and oxygen atoms in total. The molecule has 0 spiro atoms. The van der Waals surface area contributed by atoms with Crippen LogP contribution in [0.3, 0.4) is 0 Å². The maximum atomic E-state index is 11.0. The van der Waals surface area contributed by atoms with Crippen molar-refractivity contribution in [2.75, 3.05) is 26.7 Å². The van der Waals surface area contributed by atoms with Crippen molar-refractivity contribution >= 4 is 11.8 Å². The molecule has 0 aliphatic heterocycles. The van der Waals surface area contributed by atoms with Gasteiger partial charge in [0.1, 0.15) is 0 Å². The summed E-state index contributed by atoms with van der Waals surface area (Å²) in [6.07, 6.45) is 0.659. The van der Waals surface area contributed by atoms with Gasteiger partial charge in [0.25, 0.3) is 0 Å². The monoisotopic (exact) mass is 212 g/mol. The molecule has 0 saturated heterocycles. The normalized spacial score (nSPS) is 9.07. The number of rotatable bonds is 7. The molecule has 0 saturated carbocycles. The Labute approximate surface area is 89.0 Å². The number of hydrogen-bond acceptors (Lipinski definition) is 4. The van der Waals surface area contributed by atoms with Gasteiger partial charge in [0.15, 0.2) is 0 Å². The number of nitrogens with zero attached hydrogens (tertiary/aromatic N) is 1. The van der Waals surface area contributed by atoms with E-state index in [1.165, 1.54) is 0 Å². The number of hydrogen-bond donors (Lipinski definition) is 3. The van der Waals surface area contributed by atoms with E-state index in [4.69, 9.17) is 5.26 Å². The summed E-state index contributed by atoms with van der Waals surface area (Å²) in [6.45, 7) is 1.00. The molecule has 3 N–H and O–H groups in total. The van der Waals surface area contributed by atoms with E-state index in [0.29, 0.717) is 25.9 Å². The van der Waals surface area contributed by atoms with E-state index in [1.54, 1.807) is 7.05 Å². The van der Waals surface area contributed by atoms with Crippen molar-refractivity contribution in [3.63, 3.8) is 0 Å². The molecule has 15 heavy (non-hydrogen) atoms. The van der Waals surface area contributed by atoms with Crippen molar-refractivity contribution < 1.29 is 9.59 Å². The summed E-state index contributed by atoms with van der Waals surface area (Å²) in [5, 5.41) is 16.1. The molecule has 6 heteroatoms. The van der Waals surface area contributed by atoms with Crippen LogP contribution in [-0.4, -0.2) is 38.5 Å². The van der Waals surface area contributed by atoms with E-state index >= 15 is 0 Å². The average Bonchev–Trinajstić information content (AvgIpc) is 2.24. The fourth-order valence-electron chi connectivity index (χ4n) is 0.849. The van der Waals surface area contributed by atoms with E-state index in [9.17, 15) is 9.59 Å². The molecule has 0 radical (unpaired) electrons. The first-order chi connectivity index (χ1) is 7.20. The number of amides is 2. The zero-order valence-electron chi connectivity index (χ0n) is 8.80. The quantitative estimate of drug-likeness (QED) is 0.459. The SMILES string of the molecule is CNC(=O)CCNCC(=O)NCCC#N. The molecular formula is C9H16N4O2. The average molecular weight is 212 g/mol. The summed E-state index contributed by atoms with van der Waals surface area (Å²) in [4.78, 5) is 21.8. The lowest BCUT2D eigenvalue weighted by molar-refractivity contribution is -0.122. The lowest BCUT2D eigenvalue weighted by atomic mass is 10.4. The van der Waals surface area contributed by atoms with Crippen molar-refractivity contribution in [3.05, 3.63) is 0 Å². The highest BCUT2D eigenvalue weighted by atomic mass is 16.2. The van der Waals surface area contributed by atoms with E-state index in [2.05, 4.69) is 16.0 Å². The molecule has 0 bridgehead atoms. The lowest BCUT2D eigenvalue weighted by Crippen LogP contribution is -2.35. The second kappa shape index (κ2) is 8.97. The van der Waals surface area contributed by atoms with Gasteiger partial charge in [-0.2, -0.15) is 5.26 Å². The molecular weight excluding hydrogens is 196 g/mol. The molecule has 2 amide bonds. The minimum Gasteiger partial charge on any atom is -0.359 e. The molecule has 0 rings (SSSR count). The zero-order chi connectivity index (χ0) is 11.5. The van der Waals surface area contributed by atoms with E-state index in [1.807, 2.05) is 6.07 Å². The minimum atomic E-state index is -0.165. The third-order valence-corrected chi connectivity index (χ3v) is 1.65. The first kappa shape index (κ1) is 13.4. The van der Waals surface area contributed by atoms with Gasteiger partial charge in [-0.3, -0.25) is 9.59 Å². The van der Waals surface area contributed by atoms with Crippen LogP contribution in [0, 0.1) is 11.3 Å². The summed E-state index contributed by atoms with van der Waals surface area (Å²) >= 11 is 0. The largest absolute Gasteiger partial charge is 0.359 e. The first-order valence-corrected chi connectivity index (χ1v) is 4.75. The molecule has 0 unspecified atom stereocenters. The van der Waals surface area contributed by atoms with Crippen molar-refractivity contribution in [3.8, 4) is 6.07 Å². The van der Waals surface area contributed by atoms with Crippen LogP contribution in [0.25, 0.3) is 0 Å². The summed E-state index contributed by atoms with van der Waals surface area (Å²) in [5.74, 6) is -0.227. The van der Waals surface area contributed by atoms with Crippen LogP contribution in [0.15, 0.2) is 0 Å². The van der Waals surface area contributed by atoms with Crippen LogP contribution >= 0.6 is 0 Å². The Balaban J connectivity index is 3.32. The van der Waals surface area contributed by atoms with Crippen molar-refractivity contribution in [1.29, 1.82) is 5.26 Å². The smallest absolute Gasteiger partial charge is 0.233 e. The van der Waals surface area contributed by atoms with Crippen molar-refractivity contribution in [2.45, 2.75) is 12.8 Å². The Kier molecular flexibility index (Phi) is 8.00. The topological polar surface area (TPSA) is 94.0 Å². The fourth-order valence-corrected chi connectivity index (χ4v) is 0.849. The number of nitrogens with one attached hydrogen (secondary N) is 3. The Morgan fingerprint density at radius 3 is 2.60 bits per heavy atom. The van der Waals surface area contributed by atoms with Gasteiger partial charge < -0.3 is 16.0 Å². The molecule has 0 atom stereocenters. The second-order valence-electron chi connectivity index (χ2n) is 2.86. The molecule has 0 aliphatic rings. The molecule has 0 aromatic heterocycles. The van der Waals surface area contributed by atoms with Gasteiger partial charge >= 0.3 is 0 Å². The minimum absolute atomic E-state index is 0.0626. The highest BCUT2D eigenvalue weighted by molar-refractivity contribution is 5.78. The Morgan fingerprint density at radius 2 is 2.00 bits per heavy atom. The molecule has 84 valence electrons. The molecule has 0 aromatic carbocycles. The van der Waals surface area contributed by atoms with Crippen molar-refractivity contribution in [2.24, 2.45) is 0 Å². The Morgan fingerprint density at radius 1 is 1.27 bits per heavy atom. The van der Waals surface area contributed by atoms with Gasteiger partial charge in [0, 0.05) is 26.6 Å². The lowest BCUT2D eigenvalue weighted by Gasteiger charge is -2.04. The van der Waals surface area contributed by atoms with E-state index in [0.717, 1.165) is 0 Å². The van der Waals surface area contributed by atoms with Gasteiger partial charge in [-0.1, -0.05) is 0 Å². The van der Waals surface area contributed by atoms with Crippen LogP contribution in [0.1, 0.15) is 12.8 Å². The van der Waals surface area contributed by atoms with Crippen LogP contribution in [0.4, 0.5) is 0 Å². The zero-order valence-corrected chi connectivity index (χ0v) is 8.80.